The zero-order chi connectivity index (χ0) is 9.97. The molecule has 0 saturated carbocycles. The summed E-state index contributed by atoms with van der Waals surface area (Å²) in [6.45, 7) is 0. The average molecular weight is 186 g/mol. The minimum absolute atomic E-state index is 0.806. The van der Waals surface area contributed by atoms with Gasteiger partial charge in [0.25, 0.3) is 0 Å². The maximum atomic E-state index is 5.92. The van der Waals surface area contributed by atoms with Crippen LogP contribution in [0.2, 0.25) is 0 Å². The maximum absolute atomic E-state index is 5.92. The van der Waals surface area contributed by atoms with E-state index in [0.717, 1.165) is 29.8 Å². The first-order chi connectivity index (χ1) is 6.79. The lowest BCUT2D eigenvalue weighted by atomic mass is 9.94. The normalized spacial score (nSPS) is 16.0. The smallest absolute Gasteiger partial charge is 0.0391 e. The van der Waals surface area contributed by atoms with E-state index >= 15 is 0 Å². The predicted molar refractivity (Wildman–Crippen MR) is 60.3 cm³/mol. The van der Waals surface area contributed by atoms with Gasteiger partial charge in [-0.1, -0.05) is 24.3 Å². The first-order valence-electron chi connectivity index (χ1n) is 4.79. The Morgan fingerprint density at radius 1 is 1.07 bits per heavy atom. The molecular weight excluding hydrogens is 172 g/mol. The first kappa shape index (κ1) is 8.88. The summed E-state index contributed by atoms with van der Waals surface area (Å²) in [6, 6.07) is 7.86. The van der Waals surface area contributed by atoms with Crippen molar-refractivity contribution >= 4 is 11.3 Å². The highest BCUT2D eigenvalue weighted by Gasteiger charge is 2.10. The Kier molecular flexibility index (Phi) is 2.27. The predicted octanol–water partition coefficient (Wildman–Crippen LogP) is 2.29. The van der Waals surface area contributed by atoms with E-state index < -0.39 is 0 Å². The molecule has 2 heteroatoms. The van der Waals surface area contributed by atoms with Gasteiger partial charge in [-0.25, -0.2) is 0 Å². The first-order valence-corrected chi connectivity index (χ1v) is 4.79. The van der Waals surface area contributed by atoms with Gasteiger partial charge in [0.05, 0.1) is 0 Å². The Morgan fingerprint density at radius 3 is 2.57 bits per heavy atom. The van der Waals surface area contributed by atoms with E-state index in [1.807, 2.05) is 30.3 Å². The largest absolute Gasteiger partial charge is 0.398 e. The molecule has 0 aliphatic heterocycles. The summed E-state index contributed by atoms with van der Waals surface area (Å²) in [5.41, 5.74) is 15.7. The summed E-state index contributed by atoms with van der Waals surface area (Å²) in [4.78, 5) is 0. The number of anilines is 1. The van der Waals surface area contributed by atoms with Gasteiger partial charge in [-0.2, -0.15) is 0 Å². The fourth-order valence-electron chi connectivity index (χ4n) is 1.74. The van der Waals surface area contributed by atoms with Crippen LogP contribution in [0.15, 0.2) is 42.1 Å². The van der Waals surface area contributed by atoms with E-state index in [1.54, 1.807) is 0 Å². The van der Waals surface area contributed by atoms with Crippen LogP contribution in [0.25, 0.3) is 5.57 Å². The summed E-state index contributed by atoms with van der Waals surface area (Å²) in [7, 11) is 0. The molecule has 0 unspecified atom stereocenters. The molecule has 0 fully saturated rings. The number of hydrogen-bond acceptors (Lipinski definition) is 2. The van der Waals surface area contributed by atoms with Crippen LogP contribution in [-0.2, 0) is 0 Å². The summed E-state index contributed by atoms with van der Waals surface area (Å²) in [5.74, 6) is 0. The summed E-state index contributed by atoms with van der Waals surface area (Å²) < 4.78 is 0. The molecule has 0 amide bonds. The monoisotopic (exact) mass is 186 g/mol. The Balaban J connectivity index is 2.49. The Morgan fingerprint density at radius 2 is 1.86 bits per heavy atom. The molecule has 72 valence electrons. The van der Waals surface area contributed by atoms with Gasteiger partial charge in [0.15, 0.2) is 0 Å². The fraction of sp³-hybridized carbons (Fsp3) is 0.167. The molecule has 1 aliphatic carbocycles. The number of hydrogen-bond donors (Lipinski definition) is 2. The molecule has 0 radical (unpaired) electrons. The van der Waals surface area contributed by atoms with E-state index in [1.165, 1.54) is 5.57 Å². The van der Waals surface area contributed by atoms with Crippen molar-refractivity contribution in [3.8, 4) is 0 Å². The van der Waals surface area contributed by atoms with Gasteiger partial charge in [0.2, 0.25) is 0 Å². The third kappa shape index (κ3) is 1.51. The third-order valence-electron chi connectivity index (χ3n) is 2.49. The van der Waals surface area contributed by atoms with E-state index in [0.29, 0.717) is 0 Å². The lowest BCUT2D eigenvalue weighted by Gasteiger charge is -2.14. The molecule has 0 aromatic heterocycles. The van der Waals surface area contributed by atoms with Crippen LogP contribution in [0.4, 0.5) is 5.69 Å². The number of para-hydroxylation sites is 1. The highest BCUT2D eigenvalue weighted by atomic mass is 14.6. The van der Waals surface area contributed by atoms with Crippen molar-refractivity contribution in [3.63, 3.8) is 0 Å². The highest BCUT2D eigenvalue weighted by Crippen LogP contribution is 2.29. The van der Waals surface area contributed by atoms with Crippen molar-refractivity contribution in [2.24, 2.45) is 5.73 Å². The topological polar surface area (TPSA) is 52.0 Å². The molecule has 0 saturated heterocycles. The van der Waals surface area contributed by atoms with Gasteiger partial charge < -0.3 is 11.5 Å². The van der Waals surface area contributed by atoms with Crippen LogP contribution in [0, 0.1) is 0 Å². The summed E-state index contributed by atoms with van der Waals surface area (Å²) in [5, 5.41) is 0. The molecule has 0 atom stereocenters. The number of benzene rings is 1. The molecule has 0 spiro atoms. The van der Waals surface area contributed by atoms with Crippen molar-refractivity contribution in [1.82, 2.24) is 0 Å². The Hall–Kier alpha value is -1.70. The molecule has 0 bridgehead atoms. The standard InChI is InChI=1S/C12H14N2/c13-11-7-3-1-5-9(11)10-6-2-4-8-12(10)14/h1,3-5,7-8H,2,6,13-14H2. The van der Waals surface area contributed by atoms with Crippen molar-refractivity contribution in [2.75, 3.05) is 5.73 Å². The quantitative estimate of drug-likeness (QED) is 0.661. The summed E-state index contributed by atoms with van der Waals surface area (Å²) >= 11 is 0. The van der Waals surface area contributed by atoms with Crippen LogP contribution in [0.1, 0.15) is 18.4 Å². The van der Waals surface area contributed by atoms with Crippen molar-refractivity contribution < 1.29 is 0 Å². The maximum Gasteiger partial charge on any atom is 0.0391 e. The average Bonchev–Trinajstić information content (AvgIpc) is 2.20. The molecule has 0 heterocycles. The lowest BCUT2D eigenvalue weighted by Crippen LogP contribution is -2.04. The van der Waals surface area contributed by atoms with Gasteiger partial charge in [-0.3, -0.25) is 0 Å². The molecule has 14 heavy (non-hydrogen) atoms. The Bertz CT molecular complexity index is 403. The molecule has 2 nitrogen and oxygen atoms in total. The van der Waals surface area contributed by atoms with Gasteiger partial charge in [0, 0.05) is 16.9 Å². The van der Waals surface area contributed by atoms with E-state index in [-0.39, 0.29) is 0 Å². The number of rotatable bonds is 1. The van der Waals surface area contributed by atoms with Gasteiger partial charge in [0.1, 0.15) is 0 Å². The molecular formula is C12H14N2. The van der Waals surface area contributed by atoms with Gasteiger partial charge in [-0.05, 0) is 30.6 Å². The molecule has 4 N–H and O–H groups in total. The van der Waals surface area contributed by atoms with Crippen LogP contribution in [0.5, 0.6) is 0 Å². The second-order valence-electron chi connectivity index (χ2n) is 3.46. The second kappa shape index (κ2) is 3.58. The van der Waals surface area contributed by atoms with Gasteiger partial charge in [-0.15, -0.1) is 0 Å². The molecule has 1 aromatic carbocycles. The SMILES string of the molecule is NC1=C(c2ccccc2N)CCC=C1. The van der Waals surface area contributed by atoms with E-state index in [9.17, 15) is 0 Å². The Labute approximate surface area is 83.9 Å². The number of nitrogens with two attached hydrogens (primary N) is 2. The van der Waals surface area contributed by atoms with Crippen LogP contribution < -0.4 is 11.5 Å². The van der Waals surface area contributed by atoms with Crippen LogP contribution >= 0.6 is 0 Å². The van der Waals surface area contributed by atoms with Gasteiger partial charge >= 0.3 is 0 Å². The lowest BCUT2D eigenvalue weighted by molar-refractivity contribution is 1.03. The zero-order valence-electron chi connectivity index (χ0n) is 8.03. The van der Waals surface area contributed by atoms with Crippen molar-refractivity contribution in [1.29, 1.82) is 0 Å². The second-order valence-corrected chi connectivity index (χ2v) is 3.46. The van der Waals surface area contributed by atoms with E-state index in [4.69, 9.17) is 11.5 Å². The highest BCUT2D eigenvalue weighted by molar-refractivity contribution is 5.78. The van der Waals surface area contributed by atoms with Crippen molar-refractivity contribution in [2.45, 2.75) is 12.8 Å². The number of nitrogen functional groups attached to an aromatic ring is 1. The van der Waals surface area contributed by atoms with Crippen LogP contribution in [-0.4, -0.2) is 0 Å². The molecule has 1 aromatic rings. The zero-order valence-corrected chi connectivity index (χ0v) is 8.03. The van der Waals surface area contributed by atoms with Crippen LogP contribution in [0.3, 0.4) is 0 Å². The number of allylic oxidation sites excluding steroid dienone is 3. The van der Waals surface area contributed by atoms with Crippen molar-refractivity contribution in [3.05, 3.63) is 47.7 Å². The molecule has 1 aliphatic rings. The third-order valence-corrected chi connectivity index (χ3v) is 2.49. The minimum atomic E-state index is 0.806. The van der Waals surface area contributed by atoms with E-state index in [2.05, 4.69) is 6.08 Å². The molecule has 2 rings (SSSR count). The summed E-state index contributed by atoms with van der Waals surface area (Å²) in [6.07, 6.45) is 6.09. The fourth-order valence-corrected chi connectivity index (χ4v) is 1.74. The minimum Gasteiger partial charge on any atom is -0.398 e.